The number of nitrogens with one attached hydrogen (secondary N) is 1. The highest BCUT2D eigenvalue weighted by atomic mass is 79.9. The standard InChI is InChI=1S/C20H23BrN6OS/c1-12(2)10-22-19(28)18-17(11-29-20-23-13(3)9-14(4)24-20)27(26-25-18)16-7-5-15(21)6-8-16/h5-9,12H,10-11H2,1-4H3,(H,22,28). The Morgan fingerprint density at radius 1 is 1.17 bits per heavy atom. The molecular formula is C20H23BrN6OS. The highest BCUT2D eigenvalue weighted by molar-refractivity contribution is 9.10. The summed E-state index contributed by atoms with van der Waals surface area (Å²) in [6.45, 7) is 8.56. The van der Waals surface area contributed by atoms with E-state index >= 15 is 0 Å². The van der Waals surface area contributed by atoms with Crippen molar-refractivity contribution in [1.82, 2.24) is 30.3 Å². The number of thioether (sulfide) groups is 1. The molecule has 0 aliphatic rings. The zero-order valence-corrected chi connectivity index (χ0v) is 19.2. The van der Waals surface area contributed by atoms with E-state index in [1.807, 2.05) is 58.0 Å². The molecule has 0 aliphatic carbocycles. The summed E-state index contributed by atoms with van der Waals surface area (Å²) in [7, 11) is 0. The Hall–Kier alpha value is -2.26. The molecule has 9 heteroatoms. The van der Waals surface area contributed by atoms with Crippen LogP contribution in [0.1, 0.15) is 41.4 Å². The SMILES string of the molecule is Cc1cc(C)nc(SCc2c(C(=O)NCC(C)C)nnn2-c2ccc(Br)cc2)n1. The third-order valence-electron chi connectivity index (χ3n) is 4.02. The third-order valence-corrected chi connectivity index (χ3v) is 5.41. The second-order valence-electron chi connectivity index (χ2n) is 7.10. The highest BCUT2D eigenvalue weighted by Gasteiger charge is 2.21. The molecule has 0 atom stereocenters. The number of nitrogens with zero attached hydrogens (tertiary/aromatic N) is 5. The number of hydrogen-bond donors (Lipinski definition) is 1. The number of carbonyl (C=O) groups is 1. The summed E-state index contributed by atoms with van der Waals surface area (Å²) in [5.74, 6) is 0.595. The summed E-state index contributed by atoms with van der Waals surface area (Å²) in [5.41, 5.74) is 3.69. The molecule has 7 nitrogen and oxygen atoms in total. The molecule has 0 saturated heterocycles. The highest BCUT2D eigenvalue weighted by Crippen LogP contribution is 2.24. The smallest absolute Gasteiger partial charge is 0.273 e. The van der Waals surface area contributed by atoms with Crippen molar-refractivity contribution >= 4 is 33.6 Å². The molecule has 0 spiro atoms. The fourth-order valence-corrected chi connectivity index (χ4v) is 3.88. The predicted molar refractivity (Wildman–Crippen MR) is 117 cm³/mol. The molecular weight excluding hydrogens is 452 g/mol. The number of aryl methyl sites for hydroxylation is 2. The van der Waals surface area contributed by atoms with Crippen molar-refractivity contribution in [1.29, 1.82) is 0 Å². The van der Waals surface area contributed by atoms with Crippen LogP contribution in [0.5, 0.6) is 0 Å². The molecule has 0 fully saturated rings. The average Bonchev–Trinajstić information content (AvgIpc) is 3.08. The topological polar surface area (TPSA) is 85.6 Å². The molecule has 0 aliphatic heterocycles. The predicted octanol–water partition coefficient (Wildman–Crippen LogP) is 4.11. The second-order valence-corrected chi connectivity index (χ2v) is 8.96. The van der Waals surface area contributed by atoms with Crippen molar-refractivity contribution in [2.24, 2.45) is 5.92 Å². The zero-order valence-electron chi connectivity index (χ0n) is 16.8. The molecule has 0 unspecified atom stereocenters. The number of amides is 1. The van der Waals surface area contributed by atoms with Crippen LogP contribution in [-0.4, -0.2) is 37.4 Å². The Labute approximate surface area is 182 Å². The molecule has 0 radical (unpaired) electrons. The molecule has 1 N–H and O–H groups in total. The Kier molecular flexibility index (Phi) is 7.02. The van der Waals surface area contributed by atoms with Gasteiger partial charge in [-0.15, -0.1) is 5.10 Å². The molecule has 0 saturated carbocycles. The molecule has 1 aromatic carbocycles. The van der Waals surface area contributed by atoms with Crippen molar-refractivity contribution in [3.05, 3.63) is 57.6 Å². The maximum atomic E-state index is 12.7. The van der Waals surface area contributed by atoms with Gasteiger partial charge in [0.1, 0.15) is 0 Å². The largest absolute Gasteiger partial charge is 0.350 e. The van der Waals surface area contributed by atoms with Crippen LogP contribution in [0.2, 0.25) is 0 Å². The van der Waals surface area contributed by atoms with Gasteiger partial charge in [-0.1, -0.05) is 46.8 Å². The monoisotopic (exact) mass is 474 g/mol. The van der Waals surface area contributed by atoms with Gasteiger partial charge in [-0.3, -0.25) is 4.79 Å². The van der Waals surface area contributed by atoms with Crippen LogP contribution in [0, 0.1) is 19.8 Å². The van der Waals surface area contributed by atoms with Crippen molar-refractivity contribution in [2.45, 2.75) is 38.6 Å². The van der Waals surface area contributed by atoms with Crippen LogP contribution in [-0.2, 0) is 5.75 Å². The van der Waals surface area contributed by atoms with Gasteiger partial charge in [-0.25, -0.2) is 14.6 Å². The first-order valence-electron chi connectivity index (χ1n) is 9.27. The Balaban J connectivity index is 1.92. The van der Waals surface area contributed by atoms with Gasteiger partial charge in [0.05, 0.1) is 11.4 Å². The first-order chi connectivity index (χ1) is 13.8. The minimum absolute atomic E-state index is 0.223. The average molecular weight is 475 g/mol. The Morgan fingerprint density at radius 2 is 1.83 bits per heavy atom. The number of halogens is 1. The van der Waals surface area contributed by atoms with E-state index in [-0.39, 0.29) is 5.91 Å². The van der Waals surface area contributed by atoms with Gasteiger partial charge in [-0.2, -0.15) is 0 Å². The van der Waals surface area contributed by atoms with Crippen LogP contribution >= 0.6 is 27.7 Å². The van der Waals surface area contributed by atoms with Gasteiger partial charge < -0.3 is 5.32 Å². The summed E-state index contributed by atoms with van der Waals surface area (Å²) in [4.78, 5) is 21.7. The van der Waals surface area contributed by atoms with Crippen molar-refractivity contribution in [3.8, 4) is 5.69 Å². The summed E-state index contributed by atoms with van der Waals surface area (Å²) < 4.78 is 2.67. The molecule has 0 bridgehead atoms. The van der Waals surface area contributed by atoms with Crippen molar-refractivity contribution in [2.75, 3.05) is 6.54 Å². The first kappa shape index (κ1) is 21.4. The number of rotatable bonds is 7. The van der Waals surface area contributed by atoms with Gasteiger partial charge >= 0.3 is 0 Å². The fourth-order valence-electron chi connectivity index (χ4n) is 2.67. The third kappa shape index (κ3) is 5.63. The summed E-state index contributed by atoms with van der Waals surface area (Å²) in [5, 5.41) is 12.0. The van der Waals surface area contributed by atoms with Crippen molar-refractivity contribution < 1.29 is 4.79 Å². The Bertz CT molecular complexity index is 982. The van der Waals surface area contributed by atoms with Gasteiger partial charge in [0.2, 0.25) is 0 Å². The summed E-state index contributed by atoms with van der Waals surface area (Å²) >= 11 is 4.91. The van der Waals surface area contributed by atoms with Gasteiger partial charge in [0, 0.05) is 28.2 Å². The molecule has 3 rings (SSSR count). The van der Waals surface area contributed by atoms with E-state index in [0.717, 1.165) is 21.5 Å². The molecule has 29 heavy (non-hydrogen) atoms. The molecule has 2 heterocycles. The minimum Gasteiger partial charge on any atom is -0.350 e. The second kappa shape index (κ2) is 9.49. The maximum absolute atomic E-state index is 12.7. The minimum atomic E-state index is -0.223. The van der Waals surface area contributed by atoms with Crippen LogP contribution < -0.4 is 5.32 Å². The van der Waals surface area contributed by atoms with E-state index in [1.54, 1.807) is 4.68 Å². The van der Waals surface area contributed by atoms with E-state index in [0.29, 0.717) is 34.8 Å². The lowest BCUT2D eigenvalue weighted by molar-refractivity contribution is 0.0943. The first-order valence-corrected chi connectivity index (χ1v) is 11.0. The van der Waals surface area contributed by atoms with Crippen LogP contribution in [0.4, 0.5) is 0 Å². The van der Waals surface area contributed by atoms with Crippen LogP contribution in [0.3, 0.4) is 0 Å². The van der Waals surface area contributed by atoms with Gasteiger partial charge in [-0.05, 0) is 50.1 Å². The Morgan fingerprint density at radius 3 is 2.45 bits per heavy atom. The molecule has 2 aromatic heterocycles. The van der Waals surface area contributed by atoms with Crippen LogP contribution in [0.25, 0.3) is 5.69 Å². The lowest BCUT2D eigenvalue weighted by Crippen LogP contribution is -2.28. The van der Waals surface area contributed by atoms with E-state index in [4.69, 9.17) is 0 Å². The van der Waals surface area contributed by atoms with Gasteiger partial charge in [0.25, 0.3) is 5.91 Å². The molecule has 3 aromatic rings. The number of hydrogen-bond acceptors (Lipinski definition) is 6. The number of carbonyl (C=O) groups excluding carboxylic acids is 1. The van der Waals surface area contributed by atoms with E-state index in [2.05, 4.69) is 41.5 Å². The summed E-state index contributed by atoms with van der Waals surface area (Å²) in [6.07, 6.45) is 0. The lowest BCUT2D eigenvalue weighted by Gasteiger charge is -2.10. The molecule has 1 amide bonds. The van der Waals surface area contributed by atoms with E-state index < -0.39 is 0 Å². The normalized spacial score (nSPS) is 11.1. The van der Waals surface area contributed by atoms with Crippen LogP contribution in [0.15, 0.2) is 40.0 Å². The van der Waals surface area contributed by atoms with E-state index in [1.165, 1.54) is 11.8 Å². The summed E-state index contributed by atoms with van der Waals surface area (Å²) in [6, 6.07) is 9.65. The zero-order chi connectivity index (χ0) is 21.0. The molecule has 152 valence electrons. The van der Waals surface area contributed by atoms with Gasteiger partial charge in [0.15, 0.2) is 10.9 Å². The van der Waals surface area contributed by atoms with E-state index in [9.17, 15) is 4.79 Å². The van der Waals surface area contributed by atoms with Crippen molar-refractivity contribution in [3.63, 3.8) is 0 Å². The number of aromatic nitrogens is 5. The maximum Gasteiger partial charge on any atom is 0.273 e. The number of benzene rings is 1. The quantitative estimate of drug-likeness (QED) is 0.409. The lowest BCUT2D eigenvalue weighted by atomic mass is 10.2. The fraction of sp³-hybridized carbons (Fsp3) is 0.350.